The number of ether oxygens (including phenoxy) is 1. The zero-order valence-electron chi connectivity index (χ0n) is 13.7. The second-order valence-electron chi connectivity index (χ2n) is 6.54. The third-order valence-electron chi connectivity index (χ3n) is 4.71. The van der Waals surface area contributed by atoms with Crippen molar-refractivity contribution in [2.45, 2.75) is 44.8 Å². The predicted octanol–water partition coefficient (Wildman–Crippen LogP) is 4.01. The lowest BCUT2D eigenvalue weighted by molar-refractivity contribution is 0.111. The molecular weight excluding hydrogens is 302 g/mol. The number of hydrogen-bond acceptors (Lipinski definition) is 4. The molecule has 1 fully saturated rings. The van der Waals surface area contributed by atoms with Crippen molar-refractivity contribution < 1.29 is 9.84 Å². The number of benzene rings is 1. The summed E-state index contributed by atoms with van der Waals surface area (Å²) in [7, 11) is 0. The Bertz CT molecular complexity index is 833. The minimum absolute atomic E-state index is 0.150. The van der Waals surface area contributed by atoms with E-state index in [-0.39, 0.29) is 6.10 Å². The molecule has 1 N–H and O–H groups in total. The second-order valence-corrected chi connectivity index (χ2v) is 6.54. The van der Waals surface area contributed by atoms with Crippen LogP contribution in [0.1, 0.15) is 37.3 Å². The van der Waals surface area contributed by atoms with Gasteiger partial charge in [-0.1, -0.05) is 6.07 Å². The highest BCUT2D eigenvalue weighted by Crippen LogP contribution is 2.32. The van der Waals surface area contributed by atoms with Gasteiger partial charge in [-0.15, -0.1) is 0 Å². The summed E-state index contributed by atoms with van der Waals surface area (Å²) in [5.41, 5.74) is 3.14. The molecule has 1 aliphatic rings. The largest absolute Gasteiger partial charge is 0.439 e. The van der Waals surface area contributed by atoms with Gasteiger partial charge in [0.1, 0.15) is 5.75 Å². The van der Waals surface area contributed by atoms with Crippen molar-refractivity contribution >= 4 is 11.0 Å². The highest BCUT2D eigenvalue weighted by Gasteiger charge is 2.22. The van der Waals surface area contributed by atoms with Crippen LogP contribution in [0.5, 0.6) is 11.6 Å². The van der Waals surface area contributed by atoms with Gasteiger partial charge in [0.25, 0.3) is 0 Å². The second kappa shape index (κ2) is 6.24. The van der Waals surface area contributed by atoms with E-state index in [1.54, 1.807) is 6.20 Å². The predicted molar refractivity (Wildman–Crippen MR) is 92.3 cm³/mol. The number of nitrogens with zero attached hydrogens (tertiary/aromatic N) is 3. The van der Waals surface area contributed by atoms with Crippen LogP contribution in [0.3, 0.4) is 0 Å². The van der Waals surface area contributed by atoms with Crippen molar-refractivity contribution in [1.82, 2.24) is 14.5 Å². The number of imidazole rings is 1. The molecule has 2 heterocycles. The van der Waals surface area contributed by atoms with E-state index in [9.17, 15) is 5.11 Å². The van der Waals surface area contributed by atoms with Crippen LogP contribution in [0.4, 0.5) is 0 Å². The third-order valence-corrected chi connectivity index (χ3v) is 4.71. The van der Waals surface area contributed by atoms with Crippen molar-refractivity contribution in [3.63, 3.8) is 0 Å². The van der Waals surface area contributed by atoms with E-state index in [0.29, 0.717) is 11.9 Å². The van der Waals surface area contributed by atoms with Gasteiger partial charge in [-0.05, 0) is 50.3 Å². The standard InChI is InChI=1S/C19H21N3O2/c1-13-2-9-19(20-11-13)24-16-7-8-17-18(10-16)22(12-21-17)14-3-5-15(23)6-4-14/h2,7-12,14-15,23H,3-6H2,1H3/t14-,15+. The van der Waals surface area contributed by atoms with Crippen LogP contribution in [0.2, 0.25) is 0 Å². The Labute approximate surface area is 140 Å². The van der Waals surface area contributed by atoms with Gasteiger partial charge < -0.3 is 14.4 Å². The van der Waals surface area contributed by atoms with Gasteiger partial charge in [0.2, 0.25) is 5.88 Å². The van der Waals surface area contributed by atoms with Crippen LogP contribution in [0.15, 0.2) is 42.9 Å². The van der Waals surface area contributed by atoms with Gasteiger partial charge in [0.05, 0.1) is 23.5 Å². The molecule has 0 bridgehead atoms. The molecule has 0 aliphatic heterocycles. The molecule has 0 atom stereocenters. The topological polar surface area (TPSA) is 60.2 Å². The molecule has 5 nitrogen and oxygen atoms in total. The van der Waals surface area contributed by atoms with Gasteiger partial charge in [-0.2, -0.15) is 0 Å². The summed E-state index contributed by atoms with van der Waals surface area (Å²) in [6.45, 7) is 2.00. The summed E-state index contributed by atoms with van der Waals surface area (Å²) < 4.78 is 8.10. The number of aryl methyl sites for hydroxylation is 1. The molecule has 24 heavy (non-hydrogen) atoms. The average molecular weight is 323 g/mol. The first-order chi connectivity index (χ1) is 11.7. The van der Waals surface area contributed by atoms with E-state index in [0.717, 1.165) is 48.0 Å². The fraction of sp³-hybridized carbons (Fsp3) is 0.368. The molecule has 1 saturated carbocycles. The first-order valence-corrected chi connectivity index (χ1v) is 8.44. The monoisotopic (exact) mass is 323 g/mol. The summed E-state index contributed by atoms with van der Waals surface area (Å²) in [5, 5.41) is 9.71. The highest BCUT2D eigenvalue weighted by atomic mass is 16.5. The van der Waals surface area contributed by atoms with Gasteiger partial charge >= 0.3 is 0 Å². The van der Waals surface area contributed by atoms with Gasteiger partial charge in [0.15, 0.2) is 0 Å². The fourth-order valence-electron chi connectivity index (χ4n) is 3.33. The molecule has 5 heteroatoms. The lowest BCUT2D eigenvalue weighted by atomic mass is 9.93. The van der Waals surface area contributed by atoms with Crippen molar-refractivity contribution in [1.29, 1.82) is 0 Å². The maximum atomic E-state index is 9.71. The molecule has 0 spiro atoms. The average Bonchev–Trinajstić information content (AvgIpc) is 3.01. The maximum Gasteiger partial charge on any atom is 0.219 e. The van der Waals surface area contributed by atoms with Crippen molar-refractivity contribution in [3.8, 4) is 11.6 Å². The van der Waals surface area contributed by atoms with Crippen molar-refractivity contribution in [2.24, 2.45) is 0 Å². The van der Waals surface area contributed by atoms with Crippen molar-refractivity contribution in [3.05, 3.63) is 48.4 Å². The van der Waals surface area contributed by atoms with Crippen LogP contribution in [0.25, 0.3) is 11.0 Å². The molecule has 4 rings (SSSR count). The Morgan fingerprint density at radius 2 is 1.92 bits per heavy atom. The normalized spacial score (nSPS) is 21.1. The minimum atomic E-state index is -0.150. The molecule has 1 aliphatic carbocycles. The molecule has 0 unspecified atom stereocenters. The first kappa shape index (κ1) is 15.1. The summed E-state index contributed by atoms with van der Waals surface area (Å²) in [4.78, 5) is 8.79. The quantitative estimate of drug-likeness (QED) is 0.791. The zero-order valence-corrected chi connectivity index (χ0v) is 13.7. The molecule has 124 valence electrons. The van der Waals surface area contributed by atoms with Crippen LogP contribution >= 0.6 is 0 Å². The van der Waals surface area contributed by atoms with Crippen LogP contribution < -0.4 is 4.74 Å². The van der Waals surface area contributed by atoms with Crippen LogP contribution in [-0.2, 0) is 0 Å². The molecule has 1 aromatic carbocycles. The number of hydrogen-bond donors (Lipinski definition) is 1. The Balaban J connectivity index is 1.62. The molecule has 3 aromatic rings. The van der Waals surface area contributed by atoms with Crippen LogP contribution in [0, 0.1) is 6.92 Å². The lowest BCUT2D eigenvalue weighted by Crippen LogP contribution is -2.20. The Morgan fingerprint density at radius 1 is 1.08 bits per heavy atom. The smallest absolute Gasteiger partial charge is 0.219 e. The number of aliphatic hydroxyl groups excluding tert-OH is 1. The van der Waals surface area contributed by atoms with E-state index in [4.69, 9.17) is 4.74 Å². The van der Waals surface area contributed by atoms with E-state index in [2.05, 4.69) is 14.5 Å². The molecular formula is C19H21N3O2. The summed E-state index contributed by atoms with van der Waals surface area (Å²) in [5.74, 6) is 1.35. The number of aliphatic hydroxyl groups is 1. The molecule has 2 aromatic heterocycles. The van der Waals surface area contributed by atoms with Gasteiger partial charge in [-0.25, -0.2) is 9.97 Å². The van der Waals surface area contributed by atoms with Gasteiger partial charge in [0, 0.05) is 24.4 Å². The van der Waals surface area contributed by atoms with Gasteiger partial charge in [-0.3, -0.25) is 0 Å². The third kappa shape index (κ3) is 2.99. The Hall–Kier alpha value is -2.40. The summed E-state index contributed by atoms with van der Waals surface area (Å²) >= 11 is 0. The van der Waals surface area contributed by atoms with Crippen molar-refractivity contribution in [2.75, 3.05) is 0 Å². The molecule has 0 radical (unpaired) electrons. The van der Waals surface area contributed by atoms with E-state index in [1.165, 1.54) is 0 Å². The number of rotatable bonds is 3. The minimum Gasteiger partial charge on any atom is -0.439 e. The fourth-order valence-corrected chi connectivity index (χ4v) is 3.33. The maximum absolute atomic E-state index is 9.71. The summed E-state index contributed by atoms with van der Waals surface area (Å²) in [6.07, 6.45) is 7.23. The van der Waals surface area contributed by atoms with E-state index in [1.807, 2.05) is 43.6 Å². The molecule has 0 amide bonds. The first-order valence-electron chi connectivity index (χ1n) is 8.44. The SMILES string of the molecule is Cc1ccc(Oc2ccc3ncn([C@H]4CC[C@@H](O)CC4)c3c2)nc1. The highest BCUT2D eigenvalue weighted by molar-refractivity contribution is 5.77. The summed E-state index contributed by atoms with van der Waals surface area (Å²) in [6, 6.07) is 10.2. The Kier molecular flexibility index (Phi) is 3.94. The van der Waals surface area contributed by atoms with E-state index < -0.39 is 0 Å². The number of fused-ring (bicyclic) bond motifs is 1. The number of aromatic nitrogens is 3. The molecule has 0 saturated heterocycles. The Morgan fingerprint density at radius 3 is 2.67 bits per heavy atom. The van der Waals surface area contributed by atoms with Crippen LogP contribution in [-0.4, -0.2) is 25.7 Å². The van der Waals surface area contributed by atoms with E-state index >= 15 is 0 Å². The zero-order chi connectivity index (χ0) is 16.5. The lowest BCUT2D eigenvalue weighted by Gasteiger charge is -2.26. The number of pyridine rings is 1.